The Hall–Kier alpha value is -2.01. The summed E-state index contributed by atoms with van der Waals surface area (Å²) < 4.78 is 0. The van der Waals surface area contributed by atoms with E-state index in [0.29, 0.717) is 0 Å². The third-order valence-electron chi connectivity index (χ3n) is 3.20. The van der Waals surface area contributed by atoms with Gasteiger partial charge in [-0.1, -0.05) is 38.2 Å². The van der Waals surface area contributed by atoms with Gasteiger partial charge in [0, 0.05) is 17.8 Å². The molecule has 0 saturated heterocycles. The molecule has 4 nitrogen and oxygen atoms in total. The van der Waals surface area contributed by atoms with Gasteiger partial charge < -0.3 is 11.1 Å². The number of aromatic nitrogens is 1. The number of thiocarbonyl (C=S) groups is 1. The fourth-order valence-corrected chi connectivity index (χ4v) is 2.57. The first-order valence-corrected chi connectivity index (χ1v) is 6.84. The molecule has 0 saturated carbocycles. The summed E-state index contributed by atoms with van der Waals surface area (Å²) in [6, 6.07) is 7.61. The minimum Gasteiger partial charge on any atom is -0.393 e. The Morgan fingerprint density at radius 2 is 2.10 bits per heavy atom. The lowest BCUT2D eigenvalue weighted by molar-refractivity contribution is -0.118. The Morgan fingerprint density at radius 1 is 1.35 bits per heavy atom. The van der Waals surface area contributed by atoms with Gasteiger partial charge in [0.15, 0.2) is 0 Å². The highest BCUT2D eigenvalue weighted by Crippen LogP contribution is 2.23. The molecule has 1 amide bonds. The third-order valence-corrected chi connectivity index (χ3v) is 3.45. The van der Waals surface area contributed by atoms with Crippen molar-refractivity contribution in [2.45, 2.75) is 13.8 Å². The molecule has 1 atom stereocenters. The van der Waals surface area contributed by atoms with Crippen LogP contribution in [0.2, 0.25) is 0 Å². The summed E-state index contributed by atoms with van der Waals surface area (Å²) in [6.07, 6.45) is 3.45. The van der Waals surface area contributed by atoms with Crippen molar-refractivity contribution in [2.75, 3.05) is 5.32 Å². The molecule has 3 N–H and O–H groups in total. The standard InChI is InChI=1S/C15H17N3OS/c1-9(2)13(14(16)20)15(19)18-12-5-3-4-10-6-7-17-8-11(10)12/h3-9,13H,1-2H3,(H2,16,20)(H,18,19). The van der Waals surface area contributed by atoms with Crippen LogP contribution in [0, 0.1) is 11.8 Å². The van der Waals surface area contributed by atoms with Gasteiger partial charge in [-0.2, -0.15) is 0 Å². The van der Waals surface area contributed by atoms with Crippen LogP contribution in [0.4, 0.5) is 5.69 Å². The Morgan fingerprint density at radius 3 is 2.75 bits per heavy atom. The highest BCUT2D eigenvalue weighted by atomic mass is 32.1. The number of hydrogen-bond acceptors (Lipinski definition) is 3. The minimum absolute atomic E-state index is 0.0561. The molecule has 0 fully saturated rings. The van der Waals surface area contributed by atoms with E-state index in [2.05, 4.69) is 10.3 Å². The molecule has 5 heteroatoms. The van der Waals surface area contributed by atoms with Crippen molar-refractivity contribution < 1.29 is 4.79 Å². The lowest BCUT2D eigenvalue weighted by atomic mass is 9.94. The highest BCUT2D eigenvalue weighted by molar-refractivity contribution is 7.80. The number of pyridine rings is 1. The first-order chi connectivity index (χ1) is 9.50. The number of nitrogens with one attached hydrogen (secondary N) is 1. The monoisotopic (exact) mass is 287 g/mol. The maximum absolute atomic E-state index is 12.3. The van der Waals surface area contributed by atoms with Crippen molar-refractivity contribution in [1.29, 1.82) is 0 Å². The molecule has 0 spiro atoms. The lowest BCUT2D eigenvalue weighted by Crippen LogP contribution is -2.36. The van der Waals surface area contributed by atoms with Crippen LogP contribution in [0.3, 0.4) is 0 Å². The molecule has 104 valence electrons. The number of anilines is 1. The minimum atomic E-state index is -0.475. The summed E-state index contributed by atoms with van der Waals surface area (Å²) in [7, 11) is 0. The van der Waals surface area contributed by atoms with Crippen LogP contribution in [0.5, 0.6) is 0 Å². The molecule has 2 rings (SSSR count). The SMILES string of the molecule is CC(C)C(C(=O)Nc1cccc2ccncc12)C(N)=S. The Bertz CT molecular complexity index is 649. The molecule has 0 aliphatic carbocycles. The summed E-state index contributed by atoms with van der Waals surface area (Å²) in [5.41, 5.74) is 6.39. The number of carbonyl (C=O) groups excluding carboxylic acids is 1. The van der Waals surface area contributed by atoms with Crippen LogP contribution in [0.15, 0.2) is 36.7 Å². The van der Waals surface area contributed by atoms with E-state index in [4.69, 9.17) is 18.0 Å². The zero-order chi connectivity index (χ0) is 14.7. The fraction of sp³-hybridized carbons (Fsp3) is 0.267. The molecular formula is C15H17N3OS. The van der Waals surface area contributed by atoms with Crippen molar-refractivity contribution >= 4 is 39.6 Å². The third kappa shape index (κ3) is 2.93. The zero-order valence-electron chi connectivity index (χ0n) is 11.5. The second-order valence-corrected chi connectivity index (χ2v) is 5.49. The molecule has 1 aromatic heterocycles. The smallest absolute Gasteiger partial charge is 0.234 e. The molecule has 1 heterocycles. The molecule has 0 radical (unpaired) electrons. The number of nitrogens with two attached hydrogens (primary N) is 1. The van der Waals surface area contributed by atoms with Crippen LogP contribution in [-0.2, 0) is 4.79 Å². The summed E-state index contributed by atoms with van der Waals surface area (Å²) in [5.74, 6) is -0.596. The van der Waals surface area contributed by atoms with Gasteiger partial charge in [0.05, 0.1) is 16.6 Å². The second-order valence-electron chi connectivity index (χ2n) is 5.02. The molecule has 0 aliphatic rings. The van der Waals surface area contributed by atoms with Crippen LogP contribution < -0.4 is 11.1 Å². The molecule has 1 unspecified atom stereocenters. The van der Waals surface area contributed by atoms with Crippen molar-refractivity contribution in [3.63, 3.8) is 0 Å². The van der Waals surface area contributed by atoms with E-state index in [0.717, 1.165) is 16.5 Å². The number of amides is 1. The van der Waals surface area contributed by atoms with Crippen molar-refractivity contribution in [2.24, 2.45) is 17.6 Å². The number of benzene rings is 1. The van der Waals surface area contributed by atoms with E-state index < -0.39 is 5.92 Å². The molecule has 0 aliphatic heterocycles. The quantitative estimate of drug-likeness (QED) is 0.848. The van der Waals surface area contributed by atoms with Gasteiger partial charge in [0.2, 0.25) is 5.91 Å². The van der Waals surface area contributed by atoms with E-state index in [1.54, 1.807) is 12.4 Å². The average molecular weight is 287 g/mol. The lowest BCUT2D eigenvalue weighted by Gasteiger charge is -2.19. The Balaban J connectivity index is 2.32. The summed E-state index contributed by atoms with van der Waals surface area (Å²) in [4.78, 5) is 16.7. The number of nitrogens with zero attached hydrogens (tertiary/aromatic N) is 1. The van der Waals surface area contributed by atoms with Gasteiger partial charge in [-0.3, -0.25) is 9.78 Å². The fourth-order valence-electron chi connectivity index (χ4n) is 2.19. The normalized spacial score (nSPS) is 12.3. The van der Waals surface area contributed by atoms with E-state index in [1.807, 2.05) is 38.1 Å². The van der Waals surface area contributed by atoms with Gasteiger partial charge in [0.25, 0.3) is 0 Å². The maximum Gasteiger partial charge on any atom is 0.234 e. The van der Waals surface area contributed by atoms with E-state index >= 15 is 0 Å². The summed E-state index contributed by atoms with van der Waals surface area (Å²) in [5, 5.41) is 4.82. The van der Waals surface area contributed by atoms with Crippen LogP contribution in [0.25, 0.3) is 10.8 Å². The largest absolute Gasteiger partial charge is 0.393 e. The predicted molar refractivity (Wildman–Crippen MR) is 85.5 cm³/mol. The highest BCUT2D eigenvalue weighted by Gasteiger charge is 2.25. The van der Waals surface area contributed by atoms with Gasteiger partial charge in [0.1, 0.15) is 0 Å². The van der Waals surface area contributed by atoms with Crippen molar-refractivity contribution in [3.8, 4) is 0 Å². The van der Waals surface area contributed by atoms with E-state index in [1.165, 1.54) is 0 Å². The summed E-state index contributed by atoms with van der Waals surface area (Å²) >= 11 is 4.99. The Labute approximate surface area is 123 Å². The summed E-state index contributed by atoms with van der Waals surface area (Å²) in [6.45, 7) is 3.85. The number of rotatable bonds is 4. The predicted octanol–water partition coefficient (Wildman–Crippen LogP) is 2.73. The molecule has 20 heavy (non-hydrogen) atoms. The molecular weight excluding hydrogens is 270 g/mol. The molecule has 1 aromatic carbocycles. The number of carbonyl (C=O) groups is 1. The average Bonchev–Trinajstić information content (AvgIpc) is 2.38. The van der Waals surface area contributed by atoms with Crippen LogP contribution >= 0.6 is 12.2 Å². The van der Waals surface area contributed by atoms with Gasteiger partial charge in [-0.15, -0.1) is 0 Å². The molecule has 2 aromatic rings. The van der Waals surface area contributed by atoms with Gasteiger partial charge in [-0.05, 0) is 23.4 Å². The van der Waals surface area contributed by atoms with E-state index in [-0.39, 0.29) is 16.8 Å². The van der Waals surface area contributed by atoms with E-state index in [9.17, 15) is 4.79 Å². The maximum atomic E-state index is 12.3. The Kier molecular flexibility index (Phi) is 4.29. The number of fused-ring (bicyclic) bond motifs is 1. The van der Waals surface area contributed by atoms with Crippen LogP contribution in [-0.4, -0.2) is 15.9 Å². The number of hydrogen-bond donors (Lipinski definition) is 2. The zero-order valence-corrected chi connectivity index (χ0v) is 12.3. The molecule has 0 bridgehead atoms. The van der Waals surface area contributed by atoms with Crippen molar-refractivity contribution in [1.82, 2.24) is 4.98 Å². The first-order valence-electron chi connectivity index (χ1n) is 6.43. The second kappa shape index (κ2) is 5.96. The van der Waals surface area contributed by atoms with Crippen LogP contribution in [0.1, 0.15) is 13.8 Å². The topological polar surface area (TPSA) is 68.0 Å². The first kappa shape index (κ1) is 14.4. The van der Waals surface area contributed by atoms with Crippen molar-refractivity contribution in [3.05, 3.63) is 36.7 Å². The van der Waals surface area contributed by atoms with Gasteiger partial charge >= 0.3 is 0 Å². The van der Waals surface area contributed by atoms with Gasteiger partial charge in [-0.25, -0.2) is 0 Å².